The van der Waals surface area contributed by atoms with Crippen LogP contribution in [-0.4, -0.2) is 51.2 Å². The number of carbonyl (C=O) groups excluding carboxylic acids is 2. The third-order valence-corrected chi connectivity index (χ3v) is 4.64. The summed E-state index contributed by atoms with van der Waals surface area (Å²) in [6, 6.07) is -0.800. The molecule has 3 rings (SSSR count). The zero-order chi connectivity index (χ0) is 16.2. The largest absolute Gasteiger partial charge is 0.351 e. The zero-order valence-electron chi connectivity index (χ0n) is 13.3. The molecule has 0 spiro atoms. The van der Waals surface area contributed by atoms with Gasteiger partial charge in [0, 0.05) is 25.4 Å². The number of nitrogens with zero attached hydrogens (tertiary/aromatic N) is 4. The summed E-state index contributed by atoms with van der Waals surface area (Å²) in [6.45, 7) is 2.81. The molecule has 0 bridgehead atoms. The average Bonchev–Trinajstić information content (AvgIpc) is 2.75. The molecule has 0 aromatic carbocycles. The maximum atomic E-state index is 11.7. The fourth-order valence-corrected chi connectivity index (χ4v) is 3.60. The van der Waals surface area contributed by atoms with Gasteiger partial charge >= 0.3 is 6.03 Å². The van der Waals surface area contributed by atoms with E-state index < -0.39 is 6.03 Å². The van der Waals surface area contributed by atoms with Crippen molar-refractivity contribution in [3.63, 3.8) is 0 Å². The maximum absolute atomic E-state index is 11.7. The number of hydrogen-bond donors (Lipinski definition) is 2. The van der Waals surface area contributed by atoms with Crippen molar-refractivity contribution >= 4 is 11.9 Å². The predicted octanol–water partition coefficient (Wildman–Crippen LogP) is 0.379. The van der Waals surface area contributed by atoms with E-state index in [1.54, 1.807) is 0 Å². The van der Waals surface area contributed by atoms with Crippen molar-refractivity contribution in [1.29, 1.82) is 0 Å². The predicted molar refractivity (Wildman–Crippen MR) is 83.7 cm³/mol. The Morgan fingerprint density at radius 3 is 2.87 bits per heavy atom. The minimum Gasteiger partial charge on any atom is -0.351 e. The van der Waals surface area contributed by atoms with Gasteiger partial charge in [-0.3, -0.25) is 15.0 Å². The van der Waals surface area contributed by atoms with E-state index in [2.05, 4.69) is 25.0 Å². The molecule has 0 radical (unpaired) electrons. The number of nitrogens with one attached hydrogen (secondary N) is 1. The van der Waals surface area contributed by atoms with E-state index in [9.17, 15) is 9.59 Å². The molecule has 8 nitrogen and oxygen atoms in total. The molecule has 126 valence electrons. The molecular weight excluding hydrogens is 296 g/mol. The van der Waals surface area contributed by atoms with Gasteiger partial charge < -0.3 is 10.3 Å². The summed E-state index contributed by atoms with van der Waals surface area (Å²) < 4.78 is 2.28. The smallest absolute Gasteiger partial charge is 0.318 e. The SMILES string of the molecule is NC(=O)NC(=O)CN1CCCC(c2nnc3n2CCCCC3)C1. The van der Waals surface area contributed by atoms with Crippen molar-refractivity contribution in [2.24, 2.45) is 5.73 Å². The van der Waals surface area contributed by atoms with Crippen molar-refractivity contribution in [2.75, 3.05) is 19.6 Å². The van der Waals surface area contributed by atoms with E-state index >= 15 is 0 Å². The standard InChI is InChI=1S/C15H24N6O2/c16-15(23)17-13(22)10-20-7-4-5-11(9-20)14-19-18-12-6-2-1-3-8-21(12)14/h11H,1-10H2,(H3,16,17,22,23). The molecule has 0 aliphatic carbocycles. The number of fused-ring (bicyclic) bond motifs is 1. The summed E-state index contributed by atoms with van der Waals surface area (Å²) in [5.74, 6) is 2.10. The zero-order valence-corrected chi connectivity index (χ0v) is 13.3. The summed E-state index contributed by atoms with van der Waals surface area (Å²) in [5, 5.41) is 10.9. The molecule has 2 aliphatic rings. The number of imide groups is 1. The molecule has 1 aromatic heterocycles. The van der Waals surface area contributed by atoms with Gasteiger partial charge in [0.2, 0.25) is 5.91 Å². The summed E-state index contributed by atoms with van der Waals surface area (Å²) in [4.78, 5) is 24.5. The van der Waals surface area contributed by atoms with Crippen molar-refractivity contribution in [3.05, 3.63) is 11.6 Å². The third-order valence-electron chi connectivity index (χ3n) is 4.64. The number of rotatable bonds is 3. The van der Waals surface area contributed by atoms with Crippen LogP contribution < -0.4 is 11.1 Å². The Labute approximate surface area is 135 Å². The first kappa shape index (κ1) is 15.9. The van der Waals surface area contributed by atoms with Crippen LogP contribution in [0.25, 0.3) is 0 Å². The first-order valence-corrected chi connectivity index (χ1v) is 8.37. The first-order valence-electron chi connectivity index (χ1n) is 8.37. The van der Waals surface area contributed by atoms with Crippen LogP contribution >= 0.6 is 0 Å². The molecular formula is C15H24N6O2. The molecule has 1 atom stereocenters. The van der Waals surface area contributed by atoms with Crippen LogP contribution in [0.1, 0.15) is 49.7 Å². The van der Waals surface area contributed by atoms with E-state index in [1.807, 2.05) is 0 Å². The quantitative estimate of drug-likeness (QED) is 0.837. The average molecular weight is 320 g/mol. The third kappa shape index (κ3) is 3.87. The fourth-order valence-electron chi connectivity index (χ4n) is 3.60. The van der Waals surface area contributed by atoms with Crippen LogP contribution in [0, 0.1) is 0 Å². The van der Waals surface area contributed by atoms with Crippen LogP contribution in [0.4, 0.5) is 4.79 Å². The van der Waals surface area contributed by atoms with Crippen LogP contribution in [0.5, 0.6) is 0 Å². The van der Waals surface area contributed by atoms with Crippen molar-refractivity contribution < 1.29 is 9.59 Å². The van der Waals surface area contributed by atoms with Crippen molar-refractivity contribution in [1.82, 2.24) is 25.0 Å². The number of aromatic nitrogens is 3. The highest BCUT2D eigenvalue weighted by Gasteiger charge is 2.28. The molecule has 1 unspecified atom stereocenters. The number of hydrogen-bond acceptors (Lipinski definition) is 5. The Kier molecular flexibility index (Phi) is 4.90. The summed E-state index contributed by atoms with van der Waals surface area (Å²) in [5.41, 5.74) is 4.98. The van der Waals surface area contributed by atoms with Gasteiger partial charge in [0.15, 0.2) is 0 Å². The first-order chi connectivity index (χ1) is 11.1. The van der Waals surface area contributed by atoms with Crippen molar-refractivity contribution in [3.8, 4) is 0 Å². The minimum atomic E-state index is -0.800. The number of aryl methyl sites for hydroxylation is 1. The molecule has 0 saturated carbocycles. The van der Waals surface area contributed by atoms with Crippen LogP contribution in [0.2, 0.25) is 0 Å². The van der Waals surface area contributed by atoms with E-state index in [0.717, 1.165) is 50.5 Å². The molecule has 2 aliphatic heterocycles. The van der Waals surface area contributed by atoms with Gasteiger partial charge in [0.25, 0.3) is 0 Å². The summed E-state index contributed by atoms with van der Waals surface area (Å²) in [6.07, 6.45) is 6.68. The molecule has 3 amide bonds. The lowest BCUT2D eigenvalue weighted by molar-refractivity contribution is -0.121. The lowest BCUT2D eigenvalue weighted by atomic mass is 9.97. The van der Waals surface area contributed by atoms with Crippen LogP contribution in [0.15, 0.2) is 0 Å². The monoisotopic (exact) mass is 320 g/mol. The molecule has 8 heteroatoms. The van der Waals surface area contributed by atoms with Crippen LogP contribution in [-0.2, 0) is 17.8 Å². The Morgan fingerprint density at radius 1 is 1.17 bits per heavy atom. The highest BCUT2D eigenvalue weighted by molar-refractivity contribution is 5.94. The number of primary amides is 1. The number of urea groups is 1. The second kappa shape index (κ2) is 7.08. The Morgan fingerprint density at radius 2 is 2.04 bits per heavy atom. The molecule has 3 heterocycles. The molecule has 23 heavy (non-hydrogen) atoms. The van der Waals surface area contributed by atoms with E-state index in [1.165, 1.54) is 19.3 Å². The number of amides is 3. The molecule has 1 aromatic rings. The van der Waals surface area contributed by atoms with E-state index in [4.69, 9.17) is 5.73 Å². The number of carbonyl (C=O) groups is 2. The Hall–Kier alpha value is -1.96. The lowest BCUT2D eigenvalue weighted by Gasteiger charge is -2.31. The summed E-state index contributed by atoms with van der Waals surface area (Å²) in [7, 11) is 0. The van der Waals surface area contributed by atoms with Gasteiger partial charge in [-0.2, -0.15) is 0 Å². The molecule has 1 saturated heterocycles. The van der Waals surface area contributed by atoms with Gasteiger partial charge in [-0.1, -0.05) is 6.42 Å². The number of nitrogens with two attached hydrogens (primary N) is 1. The normalized spacial score (nSPS) is 22.2. The lowest BCUT2D eigenvalue weighted by Crippen LogP contribution is -2.45. The molecule has 1 fully saturated rings. The highest BCUT2D eigenvalue weighted by atomic mass is 16.2. The van der Waals surface area contributed by atoms with E-state index in [0.29, 0.717) is 5.92 Å². The Bertz CT molecular complexity index is 585. The van der Waals surface area contributed by atoms with Gasteiger partial charge in [-0.05, 0) is 32.2 Å². The van der Waals surface area contributed by atoms with E-state index in [-0.39, 0.29) is 12.5 Å². The topological polar surface area (TPSA) is 106 Å². The highest BCUT2D eigenvalue weighted by Crippen LogP contribution is 2.27. The minimum absolute atomic E-state index is 0.195. The molecule has 3 N–H and O–H groups in total. The Balaban J connectivity index is 1.66. The number of piperidine rings is 1. The summed E-state index contributed by atoms with van der Waals surface area (Å²) >= 11 is 0. The fraction of sp³-hybridized carbons (Fsp3) is 0.733. The van der Waals surface area contributed by atoms with Gasteiger partial charge in [-0.25, -0.2) is 4.79 Å². The van der Waals surface area contributed by atoms with Gasteiger partial charge in [0.05, 0.1) is 6.54 Å². The van der Waals surface area contributed by atoms with Gasteiger partial charge in [-0.15, -0.1) is 10.2 Å². The second-order valence-electron chi connectivity index (χ2n) is 6.42. The van der Waals surface area contributed by atoms with Gasteiger partial charge in [0.1, 0.15) is 11.6 Å². The van der Waals surface area contributed by atoms with Crippen LogP contribution in [0.3, 0.4) is 0 Å². The van der Waals surface area contributed by atoms with Crippen molar-refractivity contribution in [2.45, 2.75) is 51.0 Å². The maximum Gasteiger partial charge on any atom is 0.318 e. The second-order valence-corrected chi connectivity index (χ2v) is 6.42. The number of likely N-dealkylation sites (tertiary alicyclic amines) is 1.